The number of benzene rings is 1. The highest BCUT2D eigenvalue weighted by molar-refractivity contribution is 6.00. The van der Waals surface area contributed by atoms with Crippen LogP contribution in [0.2, 0.25) is 0 Å². The van der Waals surface area contributed by atoms with E-state index in [0.717, 1.165) is 23.7 Å². The molecule has 106 valence electrons. The Morgan fingerprint density at radius 2 is 2.00 bits per heavy atom. The monoisotopic (exact) mass is 274 g/mol. The van der Waals surface area contributed by atoms with Crippen LogP contribution < -0.4 is 14.8 Å². The number of ether oxygens (including phenoxy) is 2. The molecule has 5 nitrogen and oxygen atoms in total. The number of aromatic nitrogens is 1. The molecule has 1 heterocycles. The lowest BCUT2D eigenvalue weighted by Crippen LogP contribution is -2.34. The van der Waals surface area contributed by atoms with Crippen LogP contribution in [-0.4, -0.2) is 30.6 Å². The molecule has 0 radical (unpaired) electrons. The maximum Gasteiger partial charge on any atom is 0.268 e. The molecule has 0 bridgehead atoms. The van der Waals surface area contributed by atoms with E-state index in [9.17, 15) is 4.79 Å². The smallest absolute Gasteiger partial charge is 0.268 e. The van der Waals surface area contributed by atoms with Crippen molar-refractivity contribution in [3.8, 4) is 11.5 Å². The summed E-state index contributed by atoms with van der Waals surface area (Å²) in [5.74, 6) is 1.28. The lowest BCUT2D eigenvalue weighted by molar-refractivity contribution is 0.0931. The largest absolute Gasteiger partial charge is 0.497 e. The first kappa shape index (κ1) is 12.8. The predicted octanol–water partition coefficient (Wildman–Crippen LogP) is 2.47. The Kier molecular flexibility index (Phi) is 2.85. The van der Waals surface area contributed by atoms with Gasteiger partial charge in [-0.25, -0.2) is 0 Å². The lowest BCUT2D eigenvalue weighted by Gasteiger charge is -2.09. The molecule has 1 aromatic carbocycles. The van der Waals surface area contributed by atoms with Gasteiger partial charge in [0.1, 0.15) is 17.2 Å². The van der Waals surface area contributed by atoms with Crippen molar-refractivity contribution >= 4 is 16.8 Å². The van der Waals surface area contributed by atoms with Gasteiger partial charge in [0.25, 0.3) is 5.91 Å². The highest BCUT2D eigenvalue weighted by Crippen LogP contribution is 2.35. The summed E-state index contributed by atoms with van der Waals surface area (Å²) in [5, 5.41) is 3.93. The fourth-order valence-corrected chi connectivity index (χ4v) is 2.24. The Morgan fingerprint density at radius 3 is 2.60 bits per heavy atom. The summed E-state index contributed by atoms with van der Waals surface area (Å²) in [6.45, 7) is 2.05. The molecule has 2 aromatic rings. The third-order valence-electron chi connectivity index (χ3n) is 3.78. The predicted molar refractivity (Wildman–Crippen MR) is 76.5 cm³/mol. The molecule has 3 rings (SSSR count). The summed E-state index contributed by atoms with van der Waals surface area (Å²) in [6, 6.07) is 5.49. The van der Waals surface area contributed by atoms with Gasteiger partial charge in [-0.1, -0.05) is 0 Å². The third-order valence-corrected chi connectivity index (χ3v) is 3.78. The zero-order valence-corrected chi connectivity index (χ0v) is 11.9. The van der Waals surface area contributed by atoms with E-state index in [0.29, 0.717) is 17.2 Å². The van der Waals surface area contributed by atoms with Gasteiger partial charge in [-0.2, -0.15) is 0 Å². The van der Waals surface area contributed by atoms with E-state index in [1.807, 2.05) is 12.1 Å². The summed E-state index contributed by atoms with van der Waals surface area (Å²) >= 11 is 0. The van der Waals surface area contributed by atoms with E-state index in [1.54, 1.807) is 20.3 Å². The topological polar surface area (TPSA) is 63.4 Å². The average molecular weight is 274 g/mol. The molecule has 1 aliphatic rings. The van der Waals surface area contributed by atoms with Crippen molar-refractivity contribution < 1.29 is 14.3 Å². The minimum atomic E-state index is -0.0813. The summed E-state index contributed by atoms with van der Waals surface area (Å²) in [6.07, 6.45) is 2.08. The quantitative estimate of drug-likeness (QED) is 0.900. The number of hydrogen-bond donors (Lipinski definition) is 2. The highest BCUT2D eigenvalue weighted by atomic mass is 16.5. The van der Waals surface area contributed by atoms with Crippen LogP contribution in [-0.2, 0) is 0 Å². The van der Waals surface area contributed by atoms with Gasteiger partial charge in [-0.3, -0.25) is 4.79 Å². The first-order valence-corrected chi connectivity index (χ1v) is 6.62. The Labute approximate surface area is 117 Å². The molecule has 0 spiro atoms. The minimum absolute atomic E-state index is 0.0316. The Bertz CT molecular complexity index is 671. The van der Waals surface area contributed by atoms with Gasteiger partial charge >= 0.3 is 0 Å². The second-order valence-electron chi connectivity index (χ2n) is 5.49. The molecule has 1 amide bonds. The summed E-state index contributed by atoms with van der Waals surface area (Å²) in [7, 11) is 3.20. The van der Waals surface area contributed by atoms with Gasteiger partial charge in [0, 0.05) is 17.0 Å². The molecule has 1 saturated carbocycles. The van der Waals surface area contributed by atoms with E-state index >= 15 is 0 Å². The molecule has 1 fully saturated rings. The zero-order chi connectivity index (χ0) is 14.3. The molecule has 2 N–H and O–H groups in total. The normalized spacial score (nSPS) is 15.9. The van der Waals surface area contributed by atoms with Crippen molar-refractivity contribution in [2.75, 3.05) is 14.2 Å². The summed E-state index contributed by atoms with van der Waals surface area (Å²) < 4.78 is 10.6. The zero-order valence-electron chi connectivity index (χ0n) is 11.9. The van der Waals surface area contributed by atoms with E-state index in [1.165, 1.54) is 0 Å². The van der Waals surface area contributed by atoms with Crippen LogP contribution in [0.4, 0.5) is 0 Å². The van der Waals surface area contributed by atoms with E-state index in [-0.39, 0.29) is 11.4 Å². The van der Waals surface area contributed by atoms with Crippen molar-refractivity contribution in [1.29, 1.82) is 0 Å². The van der Waals surface area contributed by atoms with Crippen LogP contribution in [0.25, 0.3) is 10.9 Å². The number of rotatable bonds is 4. The van der Waals surface area contributed by atoms with E-state index in [2.05, 4.69) is 17.2 Å². The van der Waals surface area contributed by atoms with Gasteiger partial charge < -0.3 is 19.8 Å². The number of amides is 1. The number of hydrogen-bond acceptors (Lipinski definition) is 3. The van der Waals surface area contributed by atoms with Gasteiger partial charge in [0.15, 0.2) is 0 Å². The van der Waals surface area contributed by atoms with Gasteiger partial charge in [-0.05, 0) is 31.9 Å². The van der Waals surface area contributed by atoms with Crippen LogP contribution in [0.1, 0.15) is 30.3 Å². The van der Waals surface area contributed by atoms with Crippen molar-refractivity contribution in [3.05, 3.63) is 23.9 Å². The molecule has 20 heavy (non-hydrogen) atoms. The van der Waals surface area contributed by atoms with Crippen LogP contribution in [0, 0.1) is 0 Å². The molecule has 1 aliphatic carbocycles. The molecular formula is C15H18N2O3. The maximum atomic E-state index is 12.2. The number of fused-ring (bicyclic) bond motifs is 1. The van der Waals surface area contributed by atoms with Crippen molar-refractivity contribution in [2.24, 2.45) is 0 Å². The standard InChI is InChI=1S/C15H18N2O3/c1-15(4-5-15)17-14(18)11-7-9-6-10(19-2)8-12(20-3)13(9)16-11/h6-8,16H,4-5H2,1-3H3,(H,17,18). The molecule has 0 aliphatic heterocycles. The first-order chi connectivity index (χ1) is 9.54. The number of aromatic amines is 1. The summed E-state index contributed by atoms with van der Waals surface area (Å²) in [5.41, 5.74) is 1.31. The molecule has 5 heteroatoms. The highest BCUT2D eigenvalue weighted by Gasteiger charge is 2.39. The second kappa shape index (κ2) is 4.44. The molecular weight excluding hydrogens is 256 g/mol. The lowest BCUT2D eigenvalue weighted by atomic mass is 10.2. The SMILES string of the molecule is COc1cc(OC)c2[nH]c(C(=O)NC3(C)CC3)cc2c1. The van der Waals surface area contributed by atoms with Crippen LogP contribution in [0.5, 0.6) is 11.5 Å². The molecule has 0 atom stereocenters. The van der Waals surface area contributed by atoms with Crippen molar-refractivity contribution in [3.63, 3.8) is 0 Å². The van der Waals surface area contributed by atoms with Crippen LogP contribution >= 0.6 is 0 Å². The van der Waals surface area contributed by atoms with Crippen LogP contribution in [0.3, 0.4) is 0 Å². The van der Waals surface area contributed by atoms with E-state index in [4.69, 9.17) is 9.47 Å². The van der Waals surface area contributed by atoms with Crippen molar-refractivity contribution in [1.82, 2.24) is 10.3 Å². The maximum absolute atomic E-state index is 12.2. The molecule has 1 aromatic heterocycles. The average Bonchev–Trinajstić information content (AvgIpc) is 3.01. The van der Waals surface area contributed by atoms with Gasteiger partial charge in [0.2, 0.25) is 0 Å². The number of H-pyrrole nitrogens is 1. The number of nitrogens with one attached hydrogen (secondary N) is 2. The fraction of sp³-hybridized carbons (Fsp3) is 0.400. The van der Waals surface area contributed by atoms with Crippen LogP contribution in [0.15, 0.2) is 18.2 Å². The molecule has 0 saturated heterocycles. The fourth-order valence-electron chi connectivity index (χ4n) is 2.24. The molecule has 0 unspecified atom stereocenters. The summed E-state index contributed by atoms with van der Waals surface area (Å²) in [4.78, 5) is 15.3. The van der Waals surface area contributed by atoms with Gasteiger partial charge in [0.05, 0.1) is 19.7 Å². The van der Waals surface area contributed by atoms with Gasteiger partial charge in [-0.15, -0.1) is 0 Å². The minimum Gasteiger partial charge on any atom is -0.497 e. The Balaban J connectivity index is 1.98. The van der Waals surface area contributed by atoms with Crippen molar-refractivity contribution in [2.45, 2.75) is 25.3 Å². The van der Waals surface area contributed by atoms with E-state index < -0.39 is 0 Å². The number of carbonyl (C=O) groups is 1. The Morgan fingerprint density at radius 1 is 1.25 bits per heavy atom. The number of carbonyl (C=O) groups excluding carboxylic acids is 1. The Hall–Kier alpha value is -2.17. The first-order valence-electron chi connectivity index (χ1n) is 6.62. The third kappa shape index (κ3) is 2.19. The number of methoxy groups -OCH3 is 2. The second-order valence-corrected chi connectivity index (χ2v) is 5.49.